The van der Waals surface area contributed by atoms with Gasteiger partial charge < -0.3 is 20.4 Å². The molecule has 0 fully saturated rings. The van der Waals surface area contributed by atoms with Gasteiger partial charge in [0.25, 0.3) is 0 Å². The summed E-state index contributed by atoms with van der Waals surface area (Å²) in [5.74, 6) is -3.54. The second kappa shape index (κ2) is 9.07. The monoisotopic (exact) mass is 215 g/mol. The van der Waals surface area contributed by atoms with E-state index in [0.717, 1.165) is 0 Å². The second-order valence-electron chi connectivity index (χ2n) is 1.57. The number of carbonyl (C=O) groups is 2. The molecule has 0 heterocycles. The van der Waals surface area contributed by atoms with Crippen molar-refractivity contribution in [2.24, 2.45) is 0 Å². The van der Waals surface area contributed by atoms with Gasteiger partial charge in [-0.3, -0.25) is 0 Å². The number of aliphatic carboxylic acids is 2. The van der Waals surface area contributed by atoms with Gasteiger partial charge in [0.1, 0.15) is 0 Å². The first kappa shape index (κ1) is 19.1. The van der Waals surface area contributed by atoms with Gasteiger partial charge in [-0.25, -0.2) is 9.59 Å². The summed E-state index contributed by atoms with van der Waals surface area (Å²) in [6.45, 7) is 0. The van der Waals surface area contributed by atoms with E-state index in [1.165, 1.54) is 0 Å². The average molecular weight is 215 g/mol. The molecule has 0 radical (unpaired) electrons. The Hall–Kier alpha value is 1.50. The summed E-state index contributed by atoms with van der Waals surface area (Å²) in [4.78, 5) is 19.5. The van der Waals surface area contributed by atoms with E-state index in [2.05, 4.69) is 0 Å². The summed E-state index contributed by atoms with van der Waals surface area (Å²) < 4.78 is 0. The molecule has 0 saturated carbocycles. The van der Waals surface area contributed by atoms with Crippen molar-refractivity contribution >= 4 is 92.9 Å². The molecule has 0 amide bonds. The molecule has 0 spiro atoms. The molecule has 2 unspecified atom stereocenters. The minimum atomic E-state index is -2.27. The zero-order valence-electron chi connectivity index (χ0n) is 5.76. The first-order valence-corrected chi connectivity index (χ1v) is 2.28. The van der Waals surface area contributed by atoms with Crippen molar-refractivity contribution in [3.63, 3.8) is 0 Å². The third-order valence-corrected chi connectivity index (χ3v) is 0.805. The normalized spacial score (nSPS) is 13.2. The first-order valence-electron chi connectivity index (χ1n) is 2.28. The van der Waals surface area contributed by atoms with Crippen LogP contribution in [0.15, 0.2) is 0 Å². The van der Waals surface area contributed by atoms with Crippen molar-refractivity contribution in [1.29, 1.82) is 0 Å². The third-order valence-electron chi connectivity index (χ3n) is 0.805. The summed E-state index contributed by atoms with van der Waals surface area (Å²) in [5.41, 5.74) is 0. The summed E-state index contributed by atoms with van der Waals surface area (Å²) in [6.07, 6.45) is -4.53. The second-order valence-corrected chi connectivity index (χ2v) is 1.57. The predicted octanol–water partition coefficient (Wildman–Crippen LogP) is -3.31. The molecule has 0 saturated heterocycles. The van der Waals surface area contributed by atoms with Gasteiger partial charge in [0.05, 0.1) is 0 Å². The van der Waals surface area contributed by atoms with Crippen LogP contribution >= 0.6 is 0 Å². The maximum absolute atomic E-state index is 9.77. The average Bonchev–Trinajstić information content (AvgIpc) is 1.84. The van der Waals surface area contributed by atoms with Crippen molar-refractivity contribution in [3.8, 4) is 0 Å². The van der Waals surface area contributed by atoms with Crippen molar-refractivity contribution in [3.05, 3.63) is 0 Å². The maximum atomic E-state index is 9.77. The number of rotatable bonds is 3. The fourth-order valence-electron chi connectivity index (χ4n) is 0.270. The quantitative estimate of drug-likeness (QED) is 0.366. The molecule has 0 aromatic rings. The predicted molar refractivity (Wildman–Crippen MR) is 42.7 cm³/mol. The van der Waals surface area contributed by atoms with Gasteiger partial charge in [0.15, 0.2) is 12.2 Å². The molecule has 12 heavy (non-hydrogen) atoms. The van der Waals surface area contributed by atoms with E-state index < -0.39 is 24.1 Å². The molecule has 8 heteroatoms. The Morgan fingerprint density at radius 1 is 1.00 bits per heavy atom. The van der Waals surface area contributed by atoms with E-state index in [-0.39, 0.29) is 82.4 Å². The number of hydrogen-bond acceptors (Lipinski definition) is 4. The first-order chi connectivity index (χ1) is 4.46. The Morgan fingerprint density at radius 2 is 1.17 bits per heavy atom. The molecular formula is C4H9KNaO6+. The standard InChI is InChI=1S/C4H6O6.K.Na.2H/c5-1(3(7)8)2(6)4(9)10;;;;/h1-2,5-6H,(H,7,8)(H,9,10);;;;/p+1. The van der Waals surface area contributed by atoms with E-state index >= 15 is 0 Å². The van der Waals surface area contributed by atoms with Gasteiger partial charge in [-0.2, -0.15) is 0 Å². The number of aliphatic hydroxyl groups is 2. The van der Waals surface area contributed by atoms with Crippen molar-refractivity contribution in [1.82, 2.24) is 0 Å². The van der Waals surface area contributed by atoms with Crippen LogP contribution in [-0.4, -0.2) is 126 Å². The molecule has 0 bridgehead atoms. The molecule has 4 N–H and O–H groups in total. The Labute approximate surface area is 134 Å². The SMILES string of the molecule is O=C(O)C(O)C(O)C(=O)O.[H+].[KH].[NaH]. The number of carboxylic acid groups (broad SMARTS) is 2. The summed E-state index contributed by atoms with van der Waals surface area (Å²) in [5, 5.41) is 32.5. The fourth-order valence-corrected chi connectivity index (χ4v) is 0.270. The van der Waals surface area contributed by atoms with Gasteiger partial charge in [-0.05, 0) is 0 Å². The molecule has 2 atom stereocenters. The molecule has 0 aromatic carbocycles. The van der Waals surface area contributed by atoms with Gasteiger partial charge in [0.2, 0.25) is 0 Å². The van der Waals surface area contributed by atoms with Crippen LogP contribution in [0.25, 0.3) is 0 Å². The number of hydrogen-bond donors (Lipinski definition) is 4. The van der Waals surface area contributed by atoms with E-state index in [9.17, 15) is 9.59 Å². The Morgan fingerprint density at radius 3 is 1.25 bits per heavy atom. The molecule has 0 aliphatic carbocycles. The van der Waals surface area contributed by atoms with Crippen LogP contribution in [-0.2, 0) is 9.59 Å². The molecule has 62 valence electrons. The molecule has 6 nitrogen and oxygen atoms in total. The van der Waals surface area contributed by atoms with E-state index in [0.29, 0.717) is 0 Å². The zero-order chi connectivity index (χ0) is 8.31. The van der Waals surface area contributed by atoms with Gasteiger partial charge in [-0.1, -0.05) is 0 Å². The number of aliphatic hydroxyl groups excluding tert-OH is 2. The van der Waals surface area contributed by atoms with E-state index in [1.54, 1.807) is 0 Å². The van der Waals surface area contributed by atoms with Crippen LogP contribution < -0.4 is 0 Å². The van der Waals surface area contributed by atoms with Gasteiger partial charge >= 0.3 is 94.3 Å². The summed E-state index contributed by atoms with van der Waals surface area (Å²) in [7, 11) is 0. The van der Waals surface area contributed by atoms with Crippen LogP contribution in [0, 0.1) is 0 Å². The van der Waals surface area contributed by atoms with Gasteiger partial charge in [0, 0.05) is 0 Å². The zero-order valence-corrected chi connectivity index (χ0v) is 4.76. The Balaban J connectivity index is -0.000000135. The van der Waals surface area contributed by atoms with Gasteiger partial charge in [-0.15, -0.1) is 0 Å². The summed E-state index contributed by atoms with van der Waals surface area (Å²) >= 11 is 0. The van der Waals surface area contributed by atoms with Crippen LogP contribution in [0.5, 0.6) is 0 Å². The van der Waals surface area contributed by atoms with Crippen LogP contribution in [0.3, 0.4) is 0 Å². The van der Waals surface area contributed by atoms with E-state index in [1.807, 2.05) is 0 Å². The van der Waals surface area contributed by atoms with Crippen LogP contribution in [0.1, 0.15) is 1.43 Å². The Kier molecular flexibility index (Phi) is 14.5. The van der Waals surface area contributed by atoms with Crippen LogP contribution in [0.2, 0.25) is 0 Å². The van der Waals surface area contributed by atoms with Crippen LogP contribution in [0.4, 0.5) is 0 Å². The number of carboxylic acids is 2. The minimum absolute atomic E-state index is 0. The fraction of sp³-hybridized carbons (Fsp3) is 0.500. The molecule has 0 rings (SSSR count). The molecule has 0 aliphatic rings. The molecular weight excluding hydrogens is 206 g/mol. The third kappa shape index (κ3) is 6.95. The molecule has 0 aromatic heterocycles. The van der Waals surface area contributed by atoms with Crippen molar-refractivity contribution in [2.75, 3.05) is 0 Å². The molecule has 0 aliphatic heterocycles. The summed E-state index contributed by atoms with van der Waals surface area (Å²) in [6, 6.07) is 0. The van der Waals surface area contributed by atoms with Crippen molar-refractivity contribution in [2.45, 2.75) is 12.2 Å². The Bertz CT molecular complexity index is 149. The topological polar surface area (TPSA) is 115 Å². The van der Waals surface area contributed by atoms with Crippen molar-refractivity contribution < 1.29 is 31.4 Å². The van der Waals surface area contributed by atoms with E-state index in [4.69, 9.17) is 20.4 Å².